The van der Waals surface area contributed by atoms with Gasteiger partial charge in [-0.2, -0.15) is 0 Å². The molecule has 10 rings (SSSR count). The Hall–Kier alpha value is -6.38. The zero-order valence-electron chi connectivity index (χ0n) is 78.3. The predicted octanol–water partition coefficient (Wildman–Crippen LogP) is 19.9. The lowest BCUT2D eigenvalue weighted by molar-refractivity contribution is 0.174. The van der Waals surface area contributed by atoms with Crippen molar-refractivity contribution in [1.29, 1.82) is 0 Å². The Labute approximate surface area is 797 Å². The van der Waals surface area contributed by atoms with Gasteiger partial charge in [0.05, 0.1) is 0 Å². The van der Waals surface area contributed by atoms with E-state index in [1.165, 1.54) is 117 Å². The van der Waals surface area contributed by atoms with E-state index in [-0.39, 0.29) is 0 Å². The largest absolute Gasteiger partial charge is 0.772 e. The van der Waals surface area contributed by atoms with E-state index in [4.69, 9.17) is 61.3 Å². The van der Waals surface area contributed by atoms with Crippen LogP contribution in [0.1, 0.15) is 219 Å². The molecule has 15 N–H and O–H groups in total. The summed E-state index contributed by atoms with van der Waals surface area (Å²) in [6, 6.07) is 52.5. The average Bonchev–Trinajstić information content (AvgIpc) is 1.80. The molecule has 6 aromatic carbocycles. The van der Waals surface area contributed by atoms with Crippen LogP contribution in [0.2, 0.25) is 10.3 Å². The number of nitrogens with one attached hydrogen (secondary N) is 5. The van der Waals surface area contributed by atoms with Gasteiger partial charge in [-0.15, -0.1) is 0 Å². The number of anilines is 6. The number of aromatic nitrogens is 3. The maximum Gasteiger partial charge on any atom is 0.231 e. The van der Waals surface area contributed by atoms with Gasteiger partial charge >= 0.3 is 0 Å². The molecule has 2 aliphatic rings. The number of benzene rings is 6. The van der Waals surface area contributed by atoms with Crippen molar-refractivity contribution in [2.45, 2.75) is 243 Å². The van der Waals surface area contributed by atoms with Crippen molar-refractivity contribution in [2.75, 3.05) is 117 Å². The Morgan fingerprint density at radius 1 is 0.375 bits per heavy atom. The molecule has 0 radical (unpaired) electrons. The average molecular weight is 1980 g/mol. The van der Waals surface area contributed by atoms with E-state index in [0.29, 0.717) is 17.1 Å². The van der Waals surface area contributed by atoms with Gasteiger partial charge in [-0.05, 0) is 408 Å². The van der Waals surface area contributed by atoms with Gasteiger partial charge in [0.2, 0.25) is 6.79 Å². The third kappa shape index (κ3) is 57.1. The van der Waals surface area contributed by atoms with Crippen LogP contribution in [-0.2, 0) is 55.4 Å². The fourth-order valence-corrected chi connectivity index (χ4v) is 10.8. The van der Waals surface area contributed by atoms with E-state index in [1.54, 1.807) is 115 Å². The quantitative estimate of drug-likeness (QED) is 0.0132. The fourth-order valence-electron chi connectivity index (χ4n) is 10.3. The van der Waals surface area contributed by atoms with Gasteiger partial charge in [0, 0.05) is 138 Å². The van der Waals surface area contributed by atoms with Crippen molar-refractivity contribution >= 4 is 129 Å². The van der Waals surface area contributed by atoms with Crippen LogP contribution in [-0.4, -0.2) is 167 Å². The SMILES string of the molecule is CC(C)(C)S(=O)[O-].CC(C)(C)S(=O)[O-].CC(C)(C)S(=O)[O-].CC(C)(C)S(=O)[O-].CC(C)(C)S(=O)[O-].NCCCCCNc1ccc(-c2ccc(N3CCCCC3)cc2)cc1.NCCCCCNc1ccc(-n2cccc2)cc1.NCCCCCNc1ccc(-n2cnc(Cl)c2Cl)cc1.NCCCCCNc1ccc(Br)cc1.NCCCCCNc1ccc2c(c1)OCO2. The second-order valence-corrected chi connectivity index (χ2v) is 44.8. The topological polar surface area (TPSA) is 435 Å². The van der Waals surface area contributed by atoms with Crippen LogP contribution in [0.5, 0.6) is 11.5 Å². The minimum absolute atomic E-state index is 0.314. The summed E-state index contributed by atoms with van der Waals surface area (Å²) in [5.74, 6) is 1.65. The number of rotatable bonds is 34. The van der Waals surface area contributed by atoms with Crippen molar-refractivity contribution in [2.24, 2.45) is 28.7 Å². The zero-order chi connectivity index (χ0) is 96.2. The van der Waals surface area contributed by atoms with Crippen LogP contribution in [0.3, 0.4) is 0 Å². The first-order valence-corrected chi connectivity index (χ1v) is 50.9. The van der Waals surface area contributed by atoms with Crippen LogP contribution < -0.4 is 69.6 Å². The summed E-state index contributed by atoms with van der Waals surface area (Å²) in [6.45, 7) is 36.4. The number of nitrogens with zero attached hydrogens (tertiary/aromatic N) is 4. The molecule has 1 saturated heterocycles. The number of hydrogen-bond acceptors (Lipinski definition) is 24. The van der Waals surface area contributed by atoms with Crippen LogP contribution in [0.15, 0.2) is 175 Å². The highest BCUT2D eigenvalue weighted by atomic mass is 79.9. The van der Waals surface area contributed by atoms with Crippen LogP contribution in [0.4, 0.5) is 34.1 Å². The minimum atomic E-state index is -1.93. The second-order valence-electron chi connectivity index (χ2n) is 34.7. The monoisotopic (exact) mass is 1980 g/mol. The van der Waals surface area contributed by atoms with Gasteiger partial charge in [-0.25, -0.2) is 4.98 Å². The summed E-state index contributed by atoms with van der Waals surface area (Å²) >= 11 is 5.64. The van der Waals surface area contributed by atoms with Crippen LogP contribution in [0, 0.1) is 0 Å². The molecule has 0 aliphatic carbocycles. The predicted molar refractivity (Wildman–Crippen MR) is 544 cm³/mol. The van der Waals surface area contributed by atoms with E-state index in [9.17, 15) is 43.8 Å². The van der Waals surface area contributed by atoms with E-state index in [2.05, 4.69) is 154 Å². The summed E-state index contributed by atoms with van der Waals surface area (Å²) in [4.78, 5) is 6.47. The molecule has 0 spiro atoms. The van der Waals surface area contributed by atoms with E-state index >= 15 is 0 Å². The highest BCUT2D eigenvalue weighted by Crippen LogP contribution is 2.35. The molecule has 724 valence electrons. The first kappa shape index (κ1) is 120. The molecule has 1 fully saturated rings. The number of nitrogens with two attached hydrogens (primary N) is 5. The van der Waals surface area contributed by atoms with E-state index < -0.39 is 79.1 Å². The van der Waals surface area contributed by atoms with Gasteiger partial charge in [0.25, 0.3) is 0 Å². The first-order chi connectivity index (χ1) is 60.4. The molecule has 4 heterocycles. The van der Waals surface area contributed by atoms with Crippen molar-refractivity contribution in [3.8, 4) is 34.0 Å². The molecule has 2 aliphatic heterocycles. The Morgan fingerprint density at radius 2 is 0.656 bits per heavy atom. The standard InChI is InChI=1S/C22H31N3.C15H21N3.C14H18Cl2N4.C12H18N2O2.C11H17BrN2.5C4H10O2S/c23-15-3-1-4-16-24-21-11-7-19(8-12-21)20-9-13-22(14-10-20)25-17-5-2-6-18-25;16-10-2-1-3-11-17-14-6-8-15(9-7-14)18-12-4-5-13-18;15-13-14(16)20(10-19-13)12-6-4-11(5-7-12)18-9-3-1-2-8-17;13-6-2-1-3-7-14-10-4-5-11-12(8-10)16-9-15-11;12-10-4-6-11(7-5-10)14-9-3-1-2-8-13;5*1-4(2,3)7(5)6/h7-14,24H,1-6,15-18,23H2;4-9,12-13,17H,1-3,10-11,16H2;4-7,10,18H,1-3,8-9,17H2;4-5,8,14H,1-3,6-7,9,13H2;4-7,14H,1-3,8-9,13H2;5*1-3H3,(H,5,6)/p-5. The molecule has 5 atom stereocenters. The molecule has 0 saturated carbocycles. The summed E-state index contributed by atoms with van der Waals surface area (Å²) in [5.41, 5.74) is 39.1. The maximum absolute atomic E-state index is 10.0. The lowest BCUT2D eigenvalue weighted by Gasteiger charge is -2.28. The molecule has 2 aromatic heterocycles. The zero-order valence-corrected chi connectivity index (χ0v) is 85.5. The highest BCUT2D eigenvalue weighted by Gasteiger charge is 2.16. The Balaban J connectivity index is 0.000000737. The molecule has 26 nitrogen and oxygen atoms in total. The number of piperidine rings is 1. The van der Waals surface area contributed by atoms with Crippen LogP contribution >= 0.6 is 39.1 Å². The van der Waals surface area contributed by atoms with Gasteiger partial charge in [-0.1, -0.05) is 95.5 Å². The number of hydrogen-bond donors (Lipinski definition) is 10. The number of fused-ring (bicyclic) bond motifs is 1. The third-order valence-electron chi connectivity index (χ3n) is 18.2. The molecule has 5 unspecified atom stereocenters. The highest BCUT2D eigenvalue weighted by molar-refractivity contribution is 9.10. The first-order valence-electron chi connectivity index (χ1n) is 43.9. The number of ether oxygens (including phenoxy) is 2. The van der Waals surface area contributed by atoms with Crippen molar-refractivity contribution in [3.63, 3.8) is 0 Å². The minimum Gasteiger partial charge on any atom is -0.772 e. The van der Waals surface area contributed by atoms with Gasteiger partial charge in [0.15, 0.2) is 21.8 Å². The number of imidazole rings is 1. The summed E-state index contributed by atoms with van der Waals surface area (Å²) in [6.07, 6.45) is 27.0. The fraction of sp³-hybridized carbons (Fsp3) is 0.543. The molecule has 0 bridgehead atoms. The van der Waals surface area contributed by atoms with E-state index in [1.807, 2.05) is 66.7 Å². The lowest BCUT2D eigenvalue weighted by Crippen LogP contribution is -2.29. The molecule has 34 heteroatoms. The van der Waals surface area contributed by atoms with Gasteiger partial charge in [-0.3, -0.25) is 25.6 Å². The normalized spacial score (nSPS) is 13.2. The second kappa shape index (κ2) is 67.7. The van der Waals surface area contributed by atoms with Gasteiger partial charge in [0.1, 0.15) is 6.33 Å². The molecule has 8 aromatic rings. The van der Waals surface area contributed by atoms with Crippen molar-refractivity contribution in [1.82, 2.24) is 14.1 Å². The van der Waals surface area contributed by atoms with Gasteiger partial charge < -0.3 is 97.0 Å². The molecule has 0 amide bonds. The van der Waals surface area contributed by atoms with Crippen molar-refractivity contribution < 1.29 is 53.3 Å². The third-order valence-corrected chi connectivity index (χ3v) is 24.4. The summed E-state index contributed by atoms with van der Waals surface area (Å²) in [5, 5.41) is 17.8. The lowest BCUT2D eigenvalue weighted by atomic mass is 10.0. The molecule has 128 heavy (non-hydrogen) atoms. The smallest absolute Gasteiger partial charge is 0.231 e. The Bertz CT molecular complexity index is 4140. The summed E-state index contributed by atoms with van der Waals surface area (Å²) < 4.78 is 113. The van der Waals surface area contributed by atoms with Crippen molar-refractivity contribution in [3.05, 3.63) is 185 Å². The number of halogens is 3. The van der Waals surface area contributed by atoms with Crippen LogP contribution in [0.25, 0.3) is 22.5 Å². The molecular formula is C94H150BrCl2N14O12S5-5. The Morgan fingerprint density at radius 3 is 0.969 bits per heavy atom. The maximum atomic E-state index is 10.0. The Kier molecular flexibility index (Phi) is 63.3. The molecular weight excluding hydrogens is 1830 g/mol. The summed E-state index contributed by atoms with van der Waals surface area (Å²) in [7, 11) is 0. The van der Waals surface area contributed by atoms with E-state index in [0.717, 1.165) is 150 Å². The number of unbranched alkanes of at least 4 members (excludes halogenated alkanes) is 10.